The number of aromatic nitrogens is 3. The first-order chi connectivity index (χ1) is 12.5. The Bertz CT molecular complexity index is 779. The van der Waals surface area contributed by atoms with Gasteiger partial charge in [0.2, 0.25) is 0 Å². The van der Waals surface area contributed by atoms with Crippen LogP contribution < -0.4 is 0 Å². The Morgan fingerprint density at radius 3 is 2.88 bits per heavy atom. The predicted octanol–water partition coefficient (Wildman–Crippen LogP) is 2.56. The van der Waals surface area contributed by atoms with Crippen molar-refractivity contribution in [3.05, 3.63) is 41.2 Å². The number of aromatic amines is 1. The second-order valence-corrected chi connectivity index (χ2v) is 6.86. The van der Waals surface area contributed by atoms with Crippen molar-refractivity contribution in [3.8, 4) is 0 Å². The van der Waals surface area contributed by atoms with E-state index in [1.54, 1.807) is 27.0 Å². The van der Waals surface area contributed by atoms with Gasteiger partial charge in [-0.1, -0.05) is 0 Å². The highest BCUT2D eigenvalue weighted by molar-refractivity contribution is 6.00. The van der Waals surface area contributed by atoms with Crippen molar-refractivity contribution in [2.45, 2.75) is 40.2 Å². The van der Waals surface area contributed by atoms with E-state index in [-0.39, 0.29) is 11.9 Å². The summed E-state index contributed by atoms with van der Waals surface area (Å²) < 4.78 is 7.17. The second kappa shape index (κ2) is 7.76. The zero-order valence-electron chi connectivity index (χ0n) is 15.6. The molecule has 140 valence electrons. The van der Waals surface area contributed by atoms with Gasteiger partial charge in [0.25, 0.3) is 5.91 Å². The van der Waals surface area contributed by atoms with Crippen LogP contribution in [0.5, 0.6) is 0 Å². The van der Waals surface area contributed by atoms with Crippen LogP contribution in [0.3, 0.4) is 0 Å². The molecule has 1 amide bonds. The minimum Gasteiger partial charge on any atom is -0.462 e. The first-order valence-electron chi connectivity index (χ1n) is 9.12. The lowest BCUT2D eigenvalue weighted by atomic mass is 9.97. The standard InChI is InChI=1S/C19H26N4O3/c1-4-26-19(25)16-13(2)17(21-14(16)3)18(24)23-8-5-6-15(11-23)10-22-9-7-20-12-22/h7,9,12,15,21H,4-6,8,10-11H2,1-3H3/t15-/m0/s1. The molecule has 1 aliphatic rings. The van der Waals surface area contributed by atoms with Crippen LogP contribution in [0.2, 0.25) is 0 Å². The fourth-order valence-corrected chi connectivity index (χ4v) is 3.72. The number of amides is 1. The summed E-state index contributed by atoms with van der Waals surface area (Å²) in [6.45, 7) is 8.00. The van der Waals surface area contributed by atoms with E-state index in [0.717, 1.165) is 25.9 Å². The maximum absolute atomic E-state index is 13.0. The lowest BCUT2D eigenvalue weighted by Gasteiger charge is -2.32. The molecule has 1 saturated heterocycles. The molecule has 0 unspecified atom stereocenters. The number of hydrogen-bond donors (Lipinski definition) is 1. The van der Waals surface area contributed by atoms with E-state index in [0.29, 0.717) is 41.6 Å². The summed E-state index contributed by atoms with van der Waals surface area (Å²) in [6.07, 6.45) is 7.61. The first-order valence-corrected chi connectivity index (χ1v) is 9.12. The third-order valence-corrected chi connectivity index (χ3v) is 4.97. The summed E-state index contributed by atoms with van der Waals surface area (Å²) in [4.78, 5) is 34.3. The largest absolute Gasteiger partial charge is 0.462 e. The van der Waals surface area contributed by atoms with Crippen LogP contribution in [0.4, 0.5) is 0 Å². The molecule has 1 atom stereocenters. The Balaban J connectivity index is 1.74. The van der Waals surface area contributed by atoms with Crippen molar-refractivity contribution < 1.29 is 14.3 Å². The summed E-state index contributed by atoms with van der Waals surface area (Å²) >= 11 is 0. The SMILES string of the molecule is CCOC(=O)c1c(C)[nH]c(C(=O)N2CCC[C@@H](Cn3ccnc3)C2)c1C. The summed E-state index contributed by atoms with van der Waals surface area (Å²) in [7, 11) is 0. The lowest BCUT2D eigenvalue weighted by Crippen LogP contribution is -2.41. The zero-order valence-corrected chi connectivity index (χ0v) is 15.6. The van der Waals surface area contributed by atoms with Gasteiger partial charge in [-0.25, -0.2) is 9.78 Å². The molecule has 26 heavy (non-hydrogen) atoms. The minimum absolute atomic E-state index is 0.0449. The molecular weight excluding hydrogens is 332 g/mol. The number of H-pyrrole nitrogens is 1. The van der Waals surface area contributed by atoms with Crippen LogP contribution in [0, 0.1) is 19.8 Å². The molecular formula is C19H26N4O3. The Labute approximate surface area is 153 Å². The molecule has 0 spiro atoms. The summed E-state index contributed by atoms with van der Waals surface area (Å²) in [6, 6.07) is 0. The molecule has 3 heterocycles. The fourth-order valence-electron chi connectivity index (χ4n) is 3.72. The number of aryl methyl sites for hydroxylation is 1. The van der Waals surface area contributed by atoms with Gasteiger partial charge in [-0.05, 0) is 45.1 Å². The van der Waals surface area contributed by atoms with Crippen molar-refractivity contribution in [2.75, 3.05) is 19.7 Å². The normalized spacial score (nSPS) is 17.3. The smallest absolute Gasteiger partial charge is 0.340 e. The van der Waals surface area contributed by atoms with E-state index in [1.165, 1.54) is 0 Å². The number of nitrogens with zero attached hydrogens (tertiary/aromatic N) is 3. The number of rotatable bonds is 5. The van der Waals surface area contributed by atoms with Crippen molar-refractivity contribution in [2.24, 2.45) is 5.92 Å². The second-order valence-electron chi connectivity index (χ2n) is 6.86. The summed E-state index contributed by atoms with van der Waals surface area (Å²) in [5, 5.41) is 0. The molecule has 0 aromatic carbocycles. The maximum Gasteiger partial charge on any atom is 0.340 e. The topological polar surface area (TPSA) is 80.2 Å². The number of carbonyl (C=O) groups excluding carboxylic acids is 2. The van der Waals surface area contributed by atoms with Gasteiger partial charge >= 0.3 is 5.97 Å². The molecule has 7 heteroatoms. The van der Waals surface area contributed by atoms with Gasteiger partial charge < -0.3 is 19.2 Å². The van der Waals surface area contributed by atoms with Gasteiger partial charge in [0, 0.05) is 37.7 Å². The molecule has 0 bridgehead atoms. The minimum atomic E-state index is -0.380. The molecule has 2 aromatic heterocycles. The fraction of sp³-hybridized carbons (Fsp3) is 0.526. The van der Waals surface area contributed by atoms with E-state index < -0.39 is 0 Å². The van der Waals surface area contributed by atoms with Gasteiger partial charge in [0.05, 0.1) is 18.5 Å². The monoisotopic (exact) mass is 358 g/mol. The molecule has 0 saturated carbocycles. The number of imidazole rings is 1. The molecule has 1 fully saturated rings. The van der Waals surface area contributed by atoms with Crippen LogP contribution in [-0.2, 0) is 11.3 Å². The molecule has 2 aromatic rings. The average Bonchev–Trinajstić information content (AvgIpc) is 3.22. The Morgan fingerprint density at radius 2 is 2.19 bits per heavy atom. The quantitative estimate of drug-likeness (QED) is 0.833. The van der Waals surface area contributed by atoms with Gasteiger partial charge in [-0.15, -0.1) is 0 Å². The maximum atomic E-state index is 13.0. The summed E-state index contributed by atoms with van der Waals surface area (Å²) in [5.74, 6) is -0.0197. The molecule has 0 aliphatic carbocycles. The van der Waals surface area contributed by atoms with E-state index >= 15 is 0 Å². The Morgan fingerprint density at radius 1 is 1.38 bits per heavy atom. The molecule has 7 nitrogen and oxygen atoms in total. The van der Waals surface area contributed by atoms with Crippen molar-refractivity contribution in [3.63, 3.8) is 0 Å². The third-order valence-electron chi connectivity index (χ3n) is 4.97. The molecule has 3 rings (SSSR count). The number of carbonyl (C=O) groups is 2. The van der Waals surface area contributed by atoms with E-state index in [1.807, 2.05) is 17.4 Å². The van der Waals surface area contributed by atoms with Gasteiger partial charge in [-0.3, -0.25) is 4.79 Å². The number of esters is 1. The molecule has 1 aliphatic heterocycles. The van der Waals surface area contributed by atoms with Crippen LogP contribution in [0.1, 0.15) is 51.9 Å². The average molecular weight is 358 g/mol. The number of likely N-dealkylation sites (tertiary alicyclic amines) is 1. The van der Waals surface area contributed by atoms with E-state index in [9.17, 15) is 9.59 Å². The van der Waals surface area contributed by atoms with Gasteiger partial charge in [0.1, 0.15) is 5.69 Å². The highest BCUT2D eigenvalue weighted by Crippen LogP contribution is 2.24. The number of hydrogen-bond acceptors (Lipinski definition) is 4. The summed E-state index contributed by atoms with van der Waals surface area (Å²) in [5.41, 5.74) is 2.31. The third kappa shape index (κ3) is 3.66. The zero-order chi connectivity index (χ0) is 18.7. The number of nitrogens with one attached hydrogen (secondary N) is 1. The number of ether oxygens (including phenoxy) is 1. The van der Waals surface area contributed by atoms with Crippen LogP contribution in [-0.4, -0.2) is 51.0 Å². The number of piperidine rings is 1. The van der Waals surface area contributed by atoms with Crippen molar-refractivity contribution in [1.82, 2.24) is 19.4 Å². The molecule has 0 radical (unpaired) electrons. The lowest BCUT2D eigenvalue weighted by molar-refractivity contribution is 0.0525. The van der Waals surface area contributed by atoms with Gasteiger partial charge in [0.15, 0.2) is 0 Å². The highest BCUT2D eigenvalue weighted by Gasteiger charge is 2.29. The van der Waals surface area contributed by atoms with Crippen molar-refractivity contribution in [1.29, 1.82) is 0 Å². The van der Waals surface area contributed by atoms with Crippen LogP contribution >= 0.6 is 0 Å². The Hall–Kier alpha value is -2.57. The van der Waals surface area contributed by atoms with E-state index in [2.05, 4.69) is 14.5 Å². The predicted molar refractivity (Wildman–Crippen MR) is 97.1 cm³/mol. The highest BCUT2D eigenvalue weighted by atomic mass is 16.5. The van der Waals surface area contributed by atoms with Gasteiger partial charge in [-0.2, -0.15) is 0 Å². The van der Waals surface area contributed by atoms with E-state index in [4.69, 9.17) is 4.74 Å². The van der Waals surface area contributed by atoms with Crippen LogP contribution in [0.25, 0.3) is 0 Å². The molecule has 1 N–H and O–H groups in total. The first kappa shape index (κ1) is 18.2. The Kier molecular flexibility index (Phi) is 5.44. The van der Waals surface area contributed by atoms with Crippen molar-refractivity contribution >= 4 is 11.9 Å². The van der Waals surface area contributed by atoms with Crippen LogP contribution in [0.15, 0.2) is 18.7 Å².